The Kier molecular flexibility index (Phi) is 4.59. The maximum atomic E-state index is 12.3. The predicted molar refractivity (Wildman–Crippen MR) is 79.3 cm³/mol. The Hall–Kier alpha value is -1.63. The van der Waals surface area contributed by atoms with Crippen molar-refractivity contribution in [3.8, 4) is 0 Å². The third-order valence-corrected chi connectivity index (χ3v) is 3.80. The highest BCUT2D eigenvalue weighted by atomic mass is 79.9. The van der Waals surface area contributed by atoms with E-state index in [1.807, 2.05) is 18.5 Å². The summed E-state index contributed by atoms with van der Waals surface area (Å²) in [4.78, 5) is 14.0. The van der Waals surface area contributed by atoms with Gasteiger partial charge in [0, 0.05) is 26.3 Å². The van der Waals surface area contributed by atoms with Gasteiger partial charge >= 0.3 is 0 Å². The molecule has 20 heavy (non-hydrogen) atoms. The lowest BCUT2D eigenvalue weighted by molar-refractivity contribution is 0.0781. The first kappa shape index (κ1) is 14.8. The molecule has 0 aliphatic heterocycles. The zero-order valence-corrected chi connectivity index (χ0v) is 13.5. The number of hydrogen-bond acceptors (Lipinski definition) is 3. The largest absolute Gasteiger partial charge is 0.336 e. The summed E-state index contributed by atoms with van der Waals surface area (Å²) in [7, 11) is 1.78. The van der Waals surface area contributed by atoms with Crippen LogP contribution in [0.25, 0.3) is 0 Å². The lowest BCUT2D eigenvalue weighted by Gasteiger charge is -2.17. The highest BCUT2D eigenvalue weighted by Crippen LogP contribution is 2.18. The van der Waals surface area contributed by atoms with Crippen LogP contribution in [0, 0.1) is 0 Å². The minimum atomic E-state index is -0.0412. The van der Waals surface area contributed by atoms with E-state index < -0.39 is 0 Å². The molecule has 2 rings (SSSR count). The summed E-state index contributed by atoms with van der Waals surface area (Å²) in [6.45, 7) is 6.05. The number of nitrogens with zero attached hydrogens (tertiary/aromatic N) is 5. The van der Waals surface area contributed by atoms with Gasteiger partial charge in [-0.25, -0.2) is 0 Å². The molecule has 0 radical (unpaired) electrons. The molecule has 0 saturated carbocycles. The van der Waals surface area contributed by atoms with Crippen molar-refractivity contribution in [1.29, 1.82) is 0 Å². The van der Waals surface area contributed by atoms with E-state index in [0.717, 1.165) is 23.3 Å². The number of amides is 1. The number of rotatable bonds is 5. The van der Waals surface area contributed by atoms with Crippen LogP contribution in [0.15, 0.2) is 23.1 Å². The summed E-state index contributed by atoms with van der Waals surface area (Å²) in [5.74, 6) is -0.0412. The third kappa shape index (κ3) is 2.92. The first-order chi connectivity index (χ1) is 9.56. The van der Waals surface area contributed by atoms with Gasteiger partial charge in [0.15, 0.2) is 0 Å². The Balaban J connectivity index is 2.13. The Bertz CT molecular complexity index is 604. The maximum absolute atomic E-state index is 12.3. The summed E-state index contributed by atoms with van der Waals surface area (Å²) in [6.07, 6.45) is 5.13. The monoisotopic (exact) mass is 339 g/mol. The molecule has 0 aromatic carbocycles. The maximum Gasteiger partial charge on any atom is 0.257 e. The van der Waals surface area contributed by atoms with Gasteiger partial charge in [-0.15, -0.1) is 0 Å². The number of halogens is 1. The molecule has 0 aliphatic rings. The molecule has 0 unspecified atom stereocenters. The van der Waals surface area contributed by atoms with Crippen molar-refractivity contribution in [2.24, 2.45) is 0 Å². The quantitative estimate of drug-likeness (QED) is 0.838. The first-order valence-electron chi connectivity index (χ1n) is 6.54. The Morgan fingerprint density at radius 1 is 1.30 bits per heavy atom. The standard InChI is InChI=1S/C13H18BrN5O/c1-4-18-8-10(6-15-18)13(20)17(3)9-12-11(14)7-16-19(12)5-2/h6-8H,4-5,9H2,1-3H3. The molecule has 0 atom stereocenters. The van der Waals surface area contributed by atoms with E-state index in [1.54, 1.807) is 35.2 Å². The number of carbonyl (C=O) groups excluding carboxylic acids is 1. The van der Waals surface area contributed by atoms with Gasteiger partial charge in [0.1, 0.15) is 0 Å². The van der Waals surface area contributed by atoms with E-state index in [0.29, 0.717) is 12.1 Å². The molecule has 0 N–H and O–H groups in total. The van der Waals surface area contributed by atoms with Crippen molar-refractivity contribution in [2.45, 2.75) is 33.5 Å². The van der Waals surface area contributed by atoms with Crippen molar-refractivity contribution < 1.29 is 4.79 Å². The van der Waals surface area contributed by atoms with Crippen LogP contribution in [0.2, 0.25) is 0 Å². The molecule has 0 fully saturated rings. The van der Waals surface area contributed by atoms with Crippen molar-refractivity contribution in [1.82, 2.24) is 24.5 Å². The van der Waals surface area contributed by atoms with E-state index >= 15 is 0 Å². The Morgan fingerprint density at radius 2 is 2.05 bits per heavy atom. The lowest BCUT2D eigenvalue weighted by Crippen LogP contribution is -2.27. The summed E-state index contributed by atoms with van der Waals surface area (Å²) in [5, 5.41) is 8.38. The second kappa shape index (κ2) is 6.21. The lowest BCUT2D eigenvalue weighted by atomic mass is 10.3. The molecule has 1 amide bonds. The molecule has 0 spiro atoms. The van der Waals surface area contributed by atoms with Crippen LogP contribution in [-0.4, -0.2) is 37.4 Å². The summed E-state index contributed by atoms with van der Waals surface area (Å²) < 4.78 is 4.54. The van der Waals surface area contributed by atoms with Gasteiger partial charge in [-0.1, -0.05) is 0 Å². The van der Waals surface area contributed by atoms with Crippen LogP contribution in [0.1, 0.15) is 29.9 Å². The van der Waals surface area contributed by atoms with E-state index in [9.17, 15) is 4.79 Å². The molecule has 108 valence electrons. The SMILES string of the molecule is CCn1cc(C(=O)N(C)Cc2c(Br)cnn2CC)cn1. The van der Waals surface area contributed by atoms with Gasteiger partial charge in [-0.05, 0) is 29.8 Å². The van der Waals surface area contributed by atoms with Crippen molar-refractivity contribution >= 4 is 21.8 Å². The fraction of sp³-hybridized carbons (Fsp3) is 0.462. The highest BCUT2D eigenvalue weighted by molar-refractivity contribution is 9.10. The molecular formula is C13H18BrN5O. The summed E-state index contributed by atoms with van der Waals surface area (Å²) in [6, 6.07) is 0. The van der Waals surface area contributed by atoms with Crippen LogP contribution in [0.4, 0.5) is 0 Å². The van der Waals surface area contributed by atoms with Crippen LogP contribution in [0.5, 0.6) is 0 Å². The predicted octanol–water partition coefficient (Wildman–Crippen LogP) is 2.15. The van der Waals surface area contributed by atoms with Gasteiger partial charge in [0.05, 0.1) is 34.7 Å². The van der Waals surface area contributed by atoms with E-state index in [1.165, 1.54) is 0 Å². The van der Waals surface area contributed by atoms with Gasteiger partial charge in [0.25, 0.3) is 5.91 Å². The number of aryl methyl sites for hydroxylation is 2. The van der Waals surface area contributed by atoms with Gasteiger partial charge in [-0.3, -0.25) is 14.2 Å². The second-order valence-electron chi connectivity index (χ2n) is 4.50. The fourth-order valence-corrected chi connectivity index (χ4v) is 2.40. The summed E-state index contributed by atoms with van der Waals surface area (Å²) >= 11 is 3.47. The van der Waals surface area contributed by atoms with Crippen molar-refractivity contribution in [3.05, 3.63) is 34.3 Å². The van der Waals surface area contributed by atoms with Gasteiger partial charge in [0.2, 0.25) is 0 Å². The molecule has 0 aliphatic carbocycles. The average Bonchev–Trinajstić information content (AvgIpc) is 3.05. The summed E-state index contributed by atoms with van der Waals surface area (Å²) in [5.41, 5.74) is 1.60. The van der Waals surface area contributed by atoms with Crippen LogP contribution in [-0.2, 0) is 19.6 Å². The minimum absolute atomic E-state index is 0.0412. The fourth-order valence-electron chi connectivity index (χ4n) is 1.98. The molecular weight excluding hydrogens is 322 g/mol. The van der Waals surface area contributed by atoms with Gasteiger partial charge in [-0.2, -0.15) is 10.2 Å². The number of hydrogen-bond donors (Lipinski definition) is 0. The van der Waals surface area contributed by atoms with E-state index in [2.05, 4.69) is 26.1 Å². The number of carbonyl (C=O) groups is 1. The molecule has 0 bridgehead atoms. The van der Waals surface area contributed by atoms with Gasteiger partial charge < -0.3 is 4.90 Å². The smallest absolute Gasteiger partial charge is 0.257 e. The van der Waals surface area contributed by atoms with Crippen molar-refractivity contribution in [2.75, 3.05) is 7.05 Å². The highest BCUT2D eigenvalue weighted by Gasteiger charge is 2.17. The van der Waals surface area contributed by atoms with E-state index in [-0.39, 0.29) is 5.91 Å². The topological polar surface area (TPSA) is 56.0 Å². The van der Waals surface area contributed by atoms with Crippen LogP contribution < -0.4 is 0 Å². The molecule has 2 heterocycles. The molecule has 6 nitrogen and oxygen atoms in total. The Labute approximate surface area is 126 Å². The molecule has 0 saturated heterocycles. The zero-order valence-electron chi connectivity index (χ0n) is 11.9. The average molecular weight is 340 g/mol. The molecule has 7 heteroatoms. The van der Waals surface area contributed by atoms with Crippen LogP contribution >= 0.6 is 15.9 Å². The first-order valence-corrected chi connectivity index (χ1v) is 7.34. The second-order valence-corrected chi connectivity index (χ2v) is 5.36. The number of aromatic nitrogens is 4. The minimum Gasteiger partial charge on any atom is -0.336 e. The normalized spacial score (nSPS) is 10.8. The third-order valence-electron chi connectivity index (χ3n) is 3.14. The zero-order chi connectivity index (χ0) is 14.7. The van der Waals surface area contributed by atoms with Crippen LogP contribution in [0.3, 0.4) is 0 Å². The van der Waals surface area contributed by atoms with Crippen molar-refractivity contribution in [3.63, 3.8) is 0 Å². The van der Waals surface area contributed by atoms with E-state index in [4.69, 9.17) is 0 Å². The molecule has 2 aromatic rings. The Morgan fingerprint density at radius 3 is 2.65 bits per heavy atom. The molecule has 2 aromatic heterocycles.